The molecular formula is C7H11ClN2O. The van der Waals surface area contributed by atoms with E-state index in [1.54, 1.807) is 12.3 Å². The Bertz CT molecular complexity index is 166. The van der Waals surface area contributed by atoms with Crippen LogP contribution < -0.4 is 5.90 Å². The topological polar surface area (TPSA) is 47.6 Å². The Balaban J connectivity index is 3.61. The van der Waals surface area contributed by atoms with Crippen LogP contribution in [-0.4, -0.2) is 12.8 Å². The largest absolute Gasteiger partial charge is 0.304 e. The van der Waals surface area contributed by atoms with Crippen molar-refractivity contribution in [3.05, 3.63) is 23.9 Å². The van der Waals surface area contributed by atoms with Gasteiger partial charge in [0.25, 0.3) is 0 Å². The fourth-order valence-corrected chi connectivity index (χ4v) is 0.558. The maximum atomic E-state index is 5.70. The molecule has 0 bridgehead atoms. The summed E-state index contributed by atoms with van der Waals surface area (Å²) in [5, 5.41) is 0.654. The van der Waals surface area contributed by atoms with Crippen LogP contribution in [0.2, 0.25) is 0 Å². The zero-order chi connectivity index (χ0) is 8.53. The van der Waals surface area contributed by atoms with Crippen LogP contribution >= 0.6 is 11.6 Å². The van der Waals surface area contributed by atoms with Gasteiger partial charge in [0.15, 0.2) is 0 Å². The molecule has 0 aliphatic rings. The first kappa shape index (κ1) is 10.4. The van der Waals surface area contributed by atoms with E-state index >= 15 is 0 Å². The molecule has 0 saturated heterocycles. The van der Waals surface area contributed by atoms with Crippen molar-refractivity contribution >= 4 is 17.8 Å². The van der Waals surface area contributed by atoms with Crippen LogP contribution in [0.15, 0.2) is 28.9 Å². The summed E-state index contributed by atoms with van der Waals surface area (Å²) in [5.74, 6) is 4.80. The molecule has 0 fully saturated rings. The van der Waals surface area contributed by atoms with Crippen molar-refractivity contribution in [1.82, 2.24) is 0 Å². The third kappa shape index (κ3) is 7.25. The van der Waals surface area contributed by atoms with Crippen molar-refractivity contribution in [3.8, 4) is 0 Å². The predicted molar refractivity (Wildman–Crippen MR) is 47.4 cm³/mol. The van der Waals surface area contributed by atoms with Crippen LogP contribution in [0.5, 0.6) is 0 Å². The van der Waals surface area contributed by atoms with Crippen LogP contribution in [0.3, 0.4) is 0 Å². The quantitative estimate of drug-likeness (QED) is 0.509. The summed E-state index contributed by atoms with van der Waals surface area (Å²) in [6, 6.07) is 0. The first-order valence-corrected chi connectivity index (χ1v) is 3.49. The molecule has 0 spiro atoms. The van der Waals surface area contributed by atoms with Crippen LogP contribution in [0.1, 0.15) is 6.42 Å². The number of halogens is 1. The molecule has 0 aromatic heterocycles. The minimum Gasteiger partial charge on any atom is -0.304 e. The lowest BCUT2D eigenvalue weighted by Gasteiger charge is -1.93. The first-order valence-electron chi connectivity index (χ1n) is 3.11. The van der Waals surface area contributed by atoms with Crippen LogP contribution in [0.25, 0.3) is 0 Å². The molecule has 0 amide bonds. The summed E-state index contributed by atoms with van der Waals surface area (Å²) in [4.78, 5) is 8.05. The molecule has 0 unspecified atom stereocenters. The van der Waals surface area contributed by atoms with E-state index in [1.165, 1.54) is 6.20 Å². The molecule has 3 nitrogen and oxygen atoms in total. The fourth-order valence-electron chi connectivity index (χ4n) is 0.425. The van der Waals surface area contributed by atoms with Crippen LogP contribution in [-0.2, 0) is 4.84 Å². The molecule has 0 rings (SSSR count). The fraction of sp³-hybridized carbons (Fsp3) is 0.286. The van der Waals surface area contributed by atoms with Crippen LogP contribution in [0.4, 0.5) is 0 Å². The predicted octanol–water partition coefficient (Wildman–Crippen LogP) is 1.60. The third-order valence-corrected chi connectivity index (χ3v) is 1.22. The lowest BCUT2D eigenvalue weighted by molar-refractivity contribution is 0.142. The number of allylic oxidation sites excluding steroid dienone is 1. The zero-order valence-corrected chi connectivity index (χ0v) is 6.92. The average Bonchev–Trinajstić information content (AvgIpc) is 2.01. The highest BCUT2D eigenvalue weighted by atomic mass is 35.5. The second-order valence-corrected chi connectivity index (χ2v) is 2.20. The van der Waals surface area contributed by atoms with Crippen molar-refractivity contribution < 1.29 is 4.84 Å². The second-order valence-electron chi connectivity index (χ2n) is 1.72. The van der Waals surface area contributed by atoms with Crippen molar-refractivity contribution in [2.24, 2.45) is 10.9 Å². The first-order chi connectivity index (χ1) is 5.31. The van der Waals surface area contributed by atoms with Gasteiger partial charge in [-0.3, -0.25) is 4.99 Å². The highest BCUT2D eigenvalue weighted by Gasteiger charge is 1.88. The van der Waals surface area contributed by atoms with E-state index in [0.29, 0.717) is 18.1 Å². The zero-order valence-electron chi connectivity index (χ0n) is 6.16. The number of aliphatic imine (C=N–C) groups is 1. The molecule has 4 heteroatoms. The van der Waals surface area contributed by atoms with Crippen molar-refractivity contribution in [3.63, 3.8) is 0 Å². The minimum absolute atomic E-state index is 0.414. The Labute approximate surface area is 71.2 Å². The number of hydrogen-bond donors (Lipinski definition) is 1. The summed E-state index contributed by atoms with van der Waals surface area (Å²) >= 11 is 5.70. The van der Waals surface area contributed by atoms with Crippen molar-refractivity contribution in [2.75, 3.05) is 6.61 Å². The summed E-state index contributed by atoms with van der Waals surface area (Å²) in [6.45, 7) is 3.82. The van der Waals surface area contributed by atoms with Gasteiger partial charge in [-0.2, -0.15) is 0 Å². The molecule has 0 atom stereocenters. The minimum atomic E-state index is 0.414. The third-order valence-electron chi connectivity index (χ3n) is 0.906. The standard InChI is InChI=1S/C7H11ClN2O/c1-2-10-5-3-7(8)4-6-11-9/h2-3,5H,1,4,6,9H2/b7-3+,10-5-. The molecule has 0 radical (unpaired) electrons. The van der Waals surface area contributed by atoms with E-state index in [0.717, 1.165) is 0 Å². The number of rotatable bonds is 5. The molecular weight excluding hydrogens is 164 g/mol. The van der Waals surface area contributed by atoms with Gasteiger partial charge in [-0.05, 0) is 6.08 Å². The number of nitrogens with two attached hydrogens (primary N) is 1. The summed E-state index contributed by atoms with van der Waals surface area (Å²) < 4.78 is 0. The summed E-state index contributed by atoms with van der Waals surface area (Å²) in [5.41, 5.74) is 0. The molecule has 0 aromatic carbocycles. The SMILES string of the molecule is C=C/N=C\C=C(\Cl)CCON. The van der Waals surface area contributed by atoms with Gasteiger partial charge >= 0.3 is 0 Å². The van der Waals surface area contributed by atoms with Gasteiger partial charge in [0.1, 0.15) is 0 Å². The number of nitrogens with zero attached hydrogens (tertiary/aromatic N) is 1. The van der Waals surface area contributed by atoms with Crippen LogP contribution in [0, 0.1) is 0 Å². The summed E-state index contributed by atoms with van der Waals surface area (Å²) in [6.07, 6.45) is 5.26. The van der Waals surface area contributed by atoms with Gasteiger partial charge in [-0.25, -0.2) is 5.90 Å². The van der Waals surface area contributed by atoms with Gasteiger partial charge < -0.3 is 4.84 Å². The van der Waals surface area contributed by atoms with E-state index < -0.39 is 0 Å². The molecule has 2 N–H and O–H groups in total. The van der Waals surface area contributed by atoms with Gasteiger partial charge in [0, 0.05) is 23.9 Å². The van der Waals surface area contributed by atoms with E-state index in [2.05, 4.69) is 16.4 Å². The van der Waals surface area contributed by atoms with Gasteiger partial charge in [0.2, 0.25) is 0 Å². The Hall–Kier alpha value is -0.640. The molecule has 0 heterocycles. The monoisotopic (exact) mass is 174 g/mol. The van der Waals surface area contributed by atoms with Crippen molar-refractivity contribution in [2.45, 2.75) is 6.42 Å². The highest BCUT2D eigenvalue weighted by Crippen LogP contribution is 2.04. The van der Waals surface area contributed by atoms with Crippen molar-refractivity contribution in [1.29, 1.82) is 0 Å². The number of hydrogen-bond acceptors (Lipinski definition) is 3. The van der Waals surface area contributed by atoms with E-state index in [-0.39, 0.29) is 0 Å². The Morgan fingerprint density at radius 3 is 3.00 bits per heavy atom. The second kappa shape index (κ2) is 7.47. The molecule has 0 aliphatic heterocycles. The molecule has 11 heavy (non-hydrogen) atoms. The average molecular weight is 175 g/mol. The molecule has 0 saturated carbocycles. The van der Waals surface area contributed by atoms with E-state index in [4.69, 9.17) is 17.5 Å². The normalized spacial score (nSPS) is 12.4. The highest BCUT2D eigenvalue weighted by molar-refractivity contribution is 6.30. The Kier molecular flexibility index (Phi) is 7.03. The lowest BCUT2D eigenvalue weighted by atomic mass is 10.4. The maximum absolute atomic E-state index is 5.70. The van der Waals surface area contributed by atoms with Gasteiger partial charge in [-0.15, -0.1) is 0 Å². The Morgan fingerprint density at radius 2 is 2.45 bits per heavy atom. The van der Waals surface area contributed by atoms with Gasteiger partial charge in [-0.1, -0.05) is 18.2 Å². The smallest absolute Gasteiger partial charge is 0.0728 e. The van der Waals surface area contributed by atoms with Gasteiger partial charge in [0.05, 0.1) is 6.61 Å². The Morgan fingerprint density at radius 1 is 1.73 bits per heavy atom. The molecule has 0 aromatic rings. The molecule has 62 valence electrons. The van der Waals surface area contributed by atoms with E-state index in [1.807, 2.05) is 0 Å². The molecule has 0 aliphatic carbocycles. The lowest BCUT2D eigenvalue weighted by Crippen LogP contribution is -2.00. The summed E-state index contributed by atoms with van der Waals surface area (Å²) in [7, 11) is 0. The maximum Gasteiger partial charge on any atom is 0.0728 e. The van der Waals surface area contributed by atoms with E-state index in [9.17, 15) is 0 Å².